The summed E-state index contributed by atoms with van der Waals surface area (Å²) < 4.78 is 89.1. The minimum atomic E-state index is -2.46. The Morgan fingerprint density at radius 3 is 2.00 bits per heavy atom. The van der Waals surface area contributed by atoms with Crippen LogP contribution in [0.25, 0.3) is 33.4 Å². The van der Waals surface area contributed by atoms with Gasteiger partial charge in [0.05, 0.1) is 135 Å². The van der Waals surface area contributed by atoms with Crippen LogP contribution in [0.15, 0.2) is 101 Å². The quantitative estimate of drug-likeness (QED) is 0.00698. The van der Waals surface area contributed by atoms with Crippen LogP contribution >= 0.6 is 12.2 Å². The van der Waals surface area contributed by atoms with Gasteiger partial charge >= 0.3 is 5.97 Å². The van der Waals surface area contributed by atoms with Crippen LogP contribution in [0.5, 0.6) is 0 Å². The highest BCUT2D eigenvalue weighted by Gasteiger charge is 2.53. The van der Waals surface area contributed by atoms with Gasteiger partial charge in [-0.1, -0.05) is 95.3 Å². The number of aromatic nitrogens is 5. The molecule has 9 rings (SSSR count). The highest BCUT2D eigenvalue weighted by Crippen LogP contribution is 2.40. The molecule has 3 aliphatic heterocycles. The zero-order chi connectivity index (χ0) is 89.8. The number of amides is 2. The Hall–Kier alpha value is -7.94. The molecule has 1 aliphatic carbocycles. The molecule has 4 aliphatic rings. The van der Waals surface area contributed by atoms with E-state index < -0.39 is 83.9 Å². The lowest BCUT2D eigenvalue weighted by Crippen LogP contribution is -2.61. The number of nitrogen functional groups attached to an aromatic ring is 2. The average Bonchev–Trinajstić information content (AvgIpc) is 1.71. The van der Waals surface area contributed by atoms with Gasteiger partial charge in [-0.25, -0.2) is 19.4 Å². The molecule has 2 saturated heterocycles. The number of thiocarbonyl (C=S) groups is 1. The highest BCUT2D eigenvalue weighted by atomic mass is 32.1. The molecule has 0 unspecified atom stereocenters. The smallest absolute Gasteiger partial charge is 0.329 e. The van der Waals surface area contributed by atoms with Gasteiger partial charge in [-0.2, -0.15) is 10.1 Å². The average molecular weight is 1770 g/mol. The number of rotatable bonds is 40. The molecular formula is C92H135N9O23S. The van der Waals surface area contributed by atoms with Gasteiger partial charge in [-0.3, -0.25) is 19.2 Å². The van der Waals surface area contributed by atoms with Crippen LogP contribution in [0.3, 0.4) is 0 Å². The van der Waals surface area contributed by atoms with Gasteiger partial charge in [0.2, 0.25) is 11.7 Å². The molecule has 6 heterocycles. The van der Waals surface area contributed by atoms with E-state index in [0.717, 1.165) is 28.7 Å². The molecular weight excluding hydrogens is 1630 g/mol. The maximum Gasteiger partial charge on any atom is 0.329 e. The number of Topliss-reactive ketones (excluding diaryl/α,β-unsaturated/α-hetero) is 2. The molecule has 32 nitrogen and oxygen atoms in total. The summed E-state index contributed by atoms with van der Waals surface area (Å²) in [5.41, 5.74) is 18.5. The third-order valence-corrected chi connectivity index (χ3v) is 24.0. The number of allylic oxidation sites excluding steroid dienone is 5. The van der Waals surface area contributed by atoms with Crippen molar-refractivity contribution in [1.82, 2.24) is 34.9 Å². The predicted molar refractivity (Wildman–Crippen MR) is 473 cm³/mol. The first-order valence-electron chi connectivity index (χ1n) is 44.2. The number of aliphatic hydroxyl groups excluding tert-OH is 2. The molecule has 0 radical (unpaired) electrons. The predicted octanol–water partition coefficient (Wildman–Crippen LogP) is 10.1. The van der Waals surface area contributed by atoms with E-state index >= 15 is 0 Å². The Kier molecular flexibility index (Phi) is 42.4. The molecule has 33 heteroatoms. The van der Waals surface area contributed by atoms with Crippen LogP contribution in [0.2, 0.25) is 0 Å². The monoisotopic (exact) mass is 1770 g/mol. The van der Waals surface area contributed by atoms with Crippen LogP contribution in [0.4, 0.5) is 11.8 Å². The number of piperidine rings is 1. The molecule has 2 bridgehead atoms. The van der Waals surface area contributed by atoms with Crippen molar-refractivity contribution in [3.63, 3.8) is 0 Å². The lowest BCUT2D eigenvalue weighted by atomic mass is 9.78. The number of fused-ring (bicyclic) bond motifs is 5. The fraction of sp³-hybridized carbons (Fsp3) is 0.652. The van der Waals surface area contributed by atoms with E-state index in [1.54, 1.807) is 51.8 Å². The number of carbonyl (C=O) groups is 5. The molecule has 3 aromatic heterocycles. The van der Waals surface area contributed by atoms with Gasteiger partial charge < -0.3 is 108 Å². The van der Waals surface area contributed by atoms with E-state index in [9.17, 15) is 39.3 Å². The van der Waals surface area contributed by atoms with E-state index in [4.69, 9.17) is 99.5 Å². The summed E-state index contributed by atoms with van der Waals surface area (Å²) in [5, 5.41) is 44.9. The largest absolute Gasteiger partial charge is 0.481 e. The van der Waals surface area contributed by atoms with Crippen molar-refractivity contribution in [2.24, 2.45) is 35.5 Å². The number of nitrogens with two attached hydrogens (primary N) is 2. The van der Waals surface area contributed by atoms with Gasteiger partial charge in [0.1, 0.15) is 53.8 Å². The fourth-order valence-electron chi connectivity index (χ4n) is 16.4. The standard InChI is InChI=1S/C92H135N9O23S/c1-59-17-12-11-13-18-60(2)76(110-8)54-70-28-21-65(7)92(109,124-70)86(106)89(107)100-32-15-14-19-72(100)90(108)122-77(55-73(102)61(3)50-64(6)84(105)85(112-10)83(104)63(5)49-59)62(4)51-68-26-29-75(78(52-68)111-9)121-80(125)20-16-33-113-35-37-115-39-41-117-43-45-119-47-48-120-46-44-118-42-40-116-38-36-114-34-31-79(103)95-56-66-22-24-67(25-23-66)57-101-88-81(87(93)96-58-97-88)82(99-101)69-27-30-74-71(53-69)98-91(94)123-74/h11-13,17-18,22-25,27,30,50,53,58-59,61-63,65,68,70,72-73,75-78,84-85,102,105,109H,14-16,19-21,26,28-29,31-49,51-52,54-57H2,1-10H3,(H2,94,98)(H,95,103)(H2,93,96,97)/b13-11+,17-12+,60-18+,64-50+/t59-,61-,62-,63-,65-,68+,70+,72+,73-,75-,76+,77+,78-,84-,85+,92-/m1/s1. The second kappa shape index (κ2) is 52.5. The molecule has 2 amide bonds. The third kappa shape index (κ3) is 31.2. The highest BCUT2D eigenvalue weighted by molar-refractivity contribution is 7.80. The fourth-order valence-corrected chi connectivity index (χ4v) is 16.7. The van der Waals surface area contributed by atoms with Gasteiger partial charge in [0, 0.05) is 90.0 Å². The summed E-state index contributed by atoms with van der Waals surface area (Å²) in [6, 6.07) is 12.3. The molecule has 5 aromatic rings. The van der Waals surface area contributed by atoms with Gasteiger partial charge in [-0.05, 0) is 155 Å². The van der Waals surface area contributed by atoms with Crippen LogP contribution in [-0.2, 0) is 103 Å². The van der Waals surface area contributed by atoms with Gasteiger partial charge in [-0.15, -0.1) is 0 Å². The number of nitrogens with one attached hydrogen (secondary N) is 1. The first-order chi connectivity index (χ1) is 60.3. The lowest BCUT2D eigenvalue weighted by Gasteiger charge is -2.43. The number of carbonyl (C=O) groups excluding carboxylic acids is 5. The maximum atomic E-state index is 14.8. The van der Waals surface area contributed by atoms with Crippen molar-refractivity contribution in [1.29, 1.82) is 0 Å². The molecule has 8 N–H and O–H groups in total. The van der Waals surface area contributed by atoms with Crippen LogP contribution in [-0.4, -0.2) is 274 Å². The summed E-state index contributed by atoms with van der Waals surface area (Å²) in [7, 11) is 4.63. The van der Waals surface area contributed by atoms with Crippen molar-refractivity contribution >= 4 is 80.6 Å². The zero-order valence-corrected chi connectivity index (χ0v) is 75.4. The first-order valence-corrected chi connectivity index (χ1v) is 44.6. The summed E-state index contributed by atoms with van der Waals surface area (Å²) in [6.45, 7) is 20.2. The summed E-state index contributed by atoms with van der Waals surface area (Å²) in [6.07, 6.45) is 13.6. The number of cyclic esters (lactones) is 1. The Bertz CT molecular complexity index is 4310. The van der Waals surface area contributed by atoms with E-state index in [-0.39, 0.29) is 80.1 Å². The summed E-state index contributed by atoms with van der Waals surface area (Å²) in [5.74, 6) is -7.44. The minimum Gasteiger partial charge on any atom is -0.481 e. The number of ether oxygens (including phenoxy) is 14. The van der Waals surface area contributed by atoms with E-state index in [1.807, 2.05) is 94.5 Å². The van der Waals surface area contributed by atoms with Crippen molar-refractivity contribution in [3.8, 4) is 11.3 Å². The van der Waals surface area contributed by atoms with E-state index in [2.05, 4.69) is 20.3 Å². The lowest BCUT2D eigenvalue weighted by molar-refractivity contribution is -0.265. The van der Waals surface area contributed by atoms with Gasteiger partial charge in [0.25, 0.3) is 17.7 Å². The van der Waals surface area contributed by atoms with E-state index in [0.29, 0.717) is 227 Å². The summed E-state index contributed by atoms with van der Waals surface area (Å²) >= 11 is 5.73. The second-order valence-electron chi connectivity index (χ2n) is 33.3. The van der Waals surface area contributed by atoms with Gasteiger partial charge in [0.15, 0.2) is 22.1 Å². The SMILES string of the molecule is CO[C@H]1C[C@@H]2CC[C@@H](C)[C@@](O)(O2)C(=O)C(=O)N2CCCC[C@H]2C(=O)O[C@H]([C@H](C)C[C@@H]2CC[C@@H](OC(=S)CCCOCCOCCOCCOCCOCCOCCOCCOCCC(=O)NCc3ccc(Cn4nc(-c5ccc6oc(N)nc6c5)c5c(N)ncnc54)cc3)[C@H](OC)C2)C[C@@H](O)[C@H](C)/C=C(\C)[C@@H](O)[C@@H](OC)C(=O)[C@H](C)C[C@H](C)/C=C/C=C/C=C/1C. The minimum absolute atomic E-state index is 0.00196. The summed E-state index contributed by atoms with van der Waals surface area (Å²) in [4.78, 5) is 84.5. The zero-order valence-electron chi connectivity index (χ0n) is 74.5. The number of benzene rings is 2. The molecule has 2 aromatic carbocycles. The van der Waals surface area contributed by atoms with Crippen LogP contribution < -0.4 is 16.8 Å². The number of hydrogen-bond acceptors (Lipinski definition) is 30. The number of aliphatic hydroxyl groups is 3. The Morgan fingerprint density at radius 1 is 0.704 bits per heavy atom. The number of ketones is 2. The number of methoxy groups -OCH3 is 3. The van der Waals surface area contributed by atoms with Crippen molar-refractivity contribution in [2.45, 2.75) is 219 Å². The normalized spacial score (nSPS) is 27.3. The first kappa shape index (κ1) is 101. The van der Waals surface area contributed by atoms with Crippen molar-refractivity contribution < 1.29 is 110 Å². The molecule has 1 saturated carbocycles. The molecule has 0 spiro atoms. The third-order valence-electron chi connectivity index (χ3n) is 23.7. The Labute approximate surface area is 739 Å². The number of hydrogen-bond donors (Lipinski definition) is 6. The van der Waals surface area contributed by atoms with Crippen molar-refractivity contribution in [3.05, 3.63) is 108 Å². The number of nitrogens with zero attached hydrogens (tertiary/aromatic N) is 6. The van der Waals surface area contributed by atoms with Crippen LogP contribution in [0, 0.1) is 35.5 Å². The molecule has 16 atom stereocenters. The molecule has 692 valence electrons. The van der Waals surface area contributed by atoms with Crippen LogP contribution in [0.1, 0.15) is 156 Å². The van der Waals surface area contributed by atoms with Crippen molar-refractivity contribution in [2.75, 3.05) is 145 Å². The Morgan fingerprint density at radius 2 is 1.35 bits per heavy atom. The number of oxazole rings is 1. The topological polar surface area (TPSA) is 412 Å². The number of anilines is 2. The second-order valence-corrected chi connectivity index (χ2v) is 33.8. The number of esters is 1. The molecule has 125 heavy (non-hydrogen) atoms. The van der Waals surface area contributed by atoms with E-state index in [1.165, 1.54) is 18.3 Å². The Balaban J connectivity index is 0.595. The maximum absolute atomic E-state index is 14.8. The molecule has 3 fully saturated rings.